The molecule has 3 N–H and O–H groups in total. The van der Waals surface area contributed by atoms with Gasteiger partial charge in [-0.25, -0.2) is 0 Å². The van der Waals surface area contributed by atoms with Gasteiger partial charge < -0.3 is 16.0 Å². The number of halogens is 1. The molecule has 0 heterocycles. The Hall–Kier alpha value is -1.59. The Morgan fingerprint density at radius 2 is 2.05 bits per heavy atom. The first-order valence-corrected chi connectivity index (χ1v) is 7.30. The summed E-state index contributed by atoms with van der Waals surface area (Å²) in [5.41, 5.74) is 6.20. The minimum absolute atomic E-state index is 0.0816. The molecule has 0 spiro atoms. The van der Waals surface area contributed by atoms with E-state index < -0.39 is 5.41 Å². The third-order valence-corrected chi connectivity index (χ3v) is 4.37. The van der Waals surface area contributed by atoms with Crippen LogP contribution < -0.4 is 11.1 Å². The predicted octanol–water partition coefficient (Wildman–Crippen LogP) is 2.11. The van der Waals surface area contributed by atoms with E-state index in [-0.39, 0.29) is 11.8 Å². The monoisotopic (exact) mass is 309 g/mol. The number of benzene rings is 1. The summed E-state index contributed by atoms with van der Waals surface area (Å²) < 4.78 is 0. The standard InChI is InChI=1S/C15H20ClN3O2/c1-19(2)13(20)11-8-10(4-5-12(11)16)18-14(21)15(9-17)6-3-7-15/h4-5,8H,3,6-7,9,17H2,1-2H3,(H,18,21). The minimum atomic E-state index is -0.453. The van der Waals surface area contributed by atoms with Gasteiger partial charge in [-0.05, 0) is 31.0 Å². The molecule has 1 saturated carbocycles. The Morgan fingerprint density at radius 1 is 1.38 bits per heavy atom. The Morgan fingerprint density at radius 3 is 2.52 bits per heavy atom. The van der Waals surface area contributed by atoms with Crippen molar-refractivity contribution in [1.29, 1.82) is 0 Å². The summed E-state index contributed by atoms with van der Waals surface area (Å²) in [6, 6.07) is 4.91. The fourth-order valence-electron chi connectivity index (χ4n) is 2.40. The first-order valence-electron chi connectivity index (χ1n) is 6.92. The molecule has 0 saturated heterocycles. The molecule has 0 aliphatic heterocycles. The molecule has 6 heteroatoms. The van der Waals surface area contributed by atoms with E-state index in [2.05, 4.69) is 5.32 Å². The van der Waals surface area contributed by atoms with Gasteiger partial charge in [-0.15, -0.1) is 0 Å². The second-order valence-electron chi connectivity index (χ2n) is 5.69. The first kappa shape index (κ1) is 15.8. The summed E-state index contributed by atoms with van der Waals surface area (Å²) >= 11 is 6.05. The van der Waals surface area contributed by atoms with Crippen LogP contribution in [-0.2, 0) is 4.79 Å². The molecule has 5 nitrogen and oxygen atoms in total. The molecular weight excluding hydrogens is 290 g/mol. The van der Waals surface area contributed by atoms with Gasteiger partial charge >= 0.3 is 0 Å². The van der Waals surface area contributed by atoms with Crippen molar-refractivity contribution in [3.63, 3.8) is 0 Å². The molecule has 2 amide bonds. The molecule has 0 aromatic heterocycles. The second-order valence-corrected chi connectivity index (χ2v) is 6.09. The Balaban J connectivity index is 2.20. The highest BCUT2D eigenvalue weighted by Gasteiger charge is 2.42. The summed E-state index contributed by atoms with van der Waals surface area (Å²) in [6.07, 6.45) is 2.65. The number of nitrogens with one attached hydrogen (secondary N) is 1. The Bertz CT molecular complexity index is 563. The van der Waals surface area contributed by atoms with E-state index in [1.807, 2.05) is 0 Å². The van der Waals surface area contributed by atoms with Crippen LogP contribution >= 0.6 is 11.6 Å². The minimum Gasteiger partial charge on any atom is -0.345 e. The maximum absolute atomic E-state index is 12.3. The van der Waals surface area contributed by atoms with Crippen molar-refractivity contribution < 1.29 is 9.59 Å². The van der Waals surface area contributed by atoms with Gasteiger partial charge in [0.05, 0.1) is 16.0 Å². The number of carbonyl (C=O) groups excluding carboxylic acids is 2. The molecule has 2 rings (SSSR count). The molecule has 1 fully saturated rings. The van der Waals surface area contributed by atoms with Gasteiger partial charge in [-0.2, -0.15) is 0 Å². The van der Waals surface area contributed by atoms with Crippen LogP contribution in [0.5, 0.6) is 0 Å². The van der Waals surface area contributed by atoms with Crippen molar-refractivity contribution in [2.45, 2.75) is 19.3 Å². The van der Waals surface area contributed by atoms with E-state index in [0.29, 0.717) is 22.8 Å². The predicted molar refractivity (Wildman–Crippen MR) is 83.4 cm³/mol. The summed E-state index contributed by atoms with van der Waals surface area (Å²) in [4.78, 5) is 25.8. The lowest BCUT2D eigenvalue weighted by Crippen LogP contribution is -2.47. The van der Waals surface area contributed by atoms with E-state index in [0.717, 1.165) is 19.3 Å². The third-order valence-electron chi connectivity index (χ3n) is 4.04. The smallest absolute Gasteiger partial charge is 0.254 e. The quantitative estimate of drug-likeness (QED) is 0.894. The molecule has 1 aliphatic carbocycles. The number of rotatable bonds is 4. The van der Waals surface area contributed by atoms with Gasteiger partial charge in [0.15, 0.2) is 0 Å². The van der Waals surface area contributed by atoms with E-state index >= 15 is 0 Å². The summed E-state index contributed by atoms with van der Waals surface area (Å²) in [5.74, 6) is -0.282. The van der Waals surface area contributed by atoms with Gasteiger partial charge in [0.25, 0.3) is 5.91 Å². The first-order chi connectivity index (χ1) is 9.89. The molecule has 1 aliphatic rings. The normalized spacial score (nSPS) is 16.0. The highest BCUT2D eigenvalue weighted by molar-refractivity contribution is 6.34. The number of hydrogen-bond acceptors (Lipinski definition) is 3. The maximum atomic E-state index is 12.3. The largest absolute Gasteiger partial charge is 0.345 e. The summed E-state index contributed by atoms with van der Waals surface area (Å²) in [6.45, 7) is 0.343. The van der Waals surface area contributed by atoms with Crippen LogP contribution in [0.2, 0.25) is 5.02 Å². The van der Waals surface area contributed by atoms with Crippen molar-refractivity contribution in [3.8, 4) is 0 Å². The maximum Gasteiger partial charge on any atom is 0.254 e. The van der Waals surface area contributed by atoms with Crippen LogP contribution in [0.25, 0.3) is 0 Å². The fourth-order valence-corrected chi connectivity index (χ4v) is 2.60. The van der Waals surface area contributed by atoms with Crippen LogP contribution in [0.3, 0.4) is 0 Å². The summed E-state index contributed by atoms with van der Waals surface area (Å²) in [5, 5.41) is 3.21. The average Bonchev–Trinajstić information content (AvgIpc) is 2.39. The van der Waals surface area contributed by atoms with Gasteiger partial charge in [0.1, 0.15) is 0 Å². The van der Waals surface area contributed by atoms with E-state index in [1.54, 1.807) is 32.3 Å². The van der Waals surface area contributed by atoms with Crippen LogP contribution in [-0.4, -0.2) is 37.4 Å². The lowest BCUT2D eigenvalue weighted by molar-refractivity contribution is -0.129. The number of nitrogens with two attached hydrogens (primary N) is 1. The van der Waals surface area contributed by atoms with Gasteiger partial charge in [0.2, 0.25) is 5.91 Å². The molecule has 21 heavy (non-hydrogen) atoms. The van der Waals surface area contributed by atoms with E-state index in [1.165, 1.54) is 4.90 Å². The molecule has 0 atom stereocenters. The van der Waals surface area contributed by atoms with Crippen LogP contribution in [0.1, 0.15) is 29.6 Å². The molecule has 0 bridgehead atoms. The second kappa shape index (κ2) is 6.03. The van der Waals surface area contributed by atoms with Crippen molar-refractivity contribution >= 4 is 29.1 Å². The van der Waals surface area contributed by atoms with Gasteiger partial charge in [-0.1, -0.05) is 18.0 Å². The zero-order chi connectivity index (χ0) is 15.6. The third kappa shape index (κ3) is 3.04. The number of nitrogens with zero attached hydrogens (tertiary/aromatic N) is 1. The van der Waals surface area contributed by atoms with Crippen molar-refractivity contribution in [2.24, 2.45) is 11.1 Å². The Labute approximate surface area is 129 Å². The van der Waals surface area contributed by atoms with E-state index in [9.17, 15) is 9.59 Å². The van der Waals surface area contributed by atoms with Gasteiger partial charge in [0, 0.05) is 26.3 Å². The van der Waals surface area contributed by atoms with Crippen LogP contribution in [0, 0.1) is 5.41 Å². The number of hydrogen-bond donors (Lipinski definition) is 2. The van der Waals surface area contributed by atoms with Gasteiger partial charge in [-0.3, -0.25) is 9.59 Å². The van der Waals surface area contributed by atoms with Crippen LogP contribution in [0.15, 0.2) is 18.2 Å². The van der Waals surface area contributed by atoms with E-state index in [4.69, 9.17) is 17.3 Å². The lowest BCUT2D eigenvalue weighted by atomic mass is 9.68. The SMILES string of the molecule is CN(C)C(=O)c1cc(NC(=O)C2(CN)CCC2)ccc1Cl. The zero-order valence-corrected chi connectivity index (χ0v) is 13.0. The highest BCUT2D eigenvalue weighted by Crippen LogP contribution is 2.40. The molecule has 114 valence electrons. The topological polar surface area (TPSA) is 75.4 Å². The van der Waals surface area contributed by atoms with Crippen molar-refractivity contribution in [3.05, 3.63) is 28.8 Å². The number of carbonyl (C=O) groups is 2. The molecular formula is C15H20ClN3O2. The van der Waals surface area contributed by atoms with Crippen LogP contribution in [0.4, 0.5) is 5.69 Å². The number of amides is 2. The fraction of sp³-hybridized carbons (Fsp3) is 0.467. The molecule has 1 aromatic carbocycles. The average molecular weight is 310 g/mol. The zero-order valence-electron chi connectivity index (χ0n) is 12.3. The number of anilines is 1. The summed E-state index contributed by atoms with van der Waals surface area (Å²) in [7, 11) is 3.31. The molecule has 0 unspecified atom stereocenters. The highest BCUT2D eigenvalue weighted by atomic mass is 35.5. The lowest BCUT2D eigenvalue weighted by Gasteiger charge is -2.39. The van der Waals surface area contributed by atoms with Crippen molar-refractivity contribution in [1.82, 2.24) is 4.90 Å². The Kier molecular flexibility index (Phi) is 4.54. The van der Waals surface area contributed by atoms with Crippen molar-refractivity contribution in [2.75, 3.05) is 26.0 Å². The molecule has 0 radical (unpaired) electrons. The molecule has 1 aromatic rings.